The second kappa shape index (κ2) is 12.9. The van der Waals surface area contributed by atoms with Gasteiger partial charge in [0.1, 0.15) is 11.3 Å². The fourth-order valence-corrected chi connectivity index (χ4v) is 16.4. The number of para-hydroxylation sites is 2. The number of nitrogens with zero attached hydrogens (tertiary/aromatic N) is 4. The van der Waals surface area contributed by atoms with Gasteiger partial charge in [0.15, 0.2) is 8.07 Å². The fraction of sp³-hybridized carbons (Fsp3) is 0.0566. The van der Waals surface area contributed by atoms with E-state index in [1.807, 2.05) is 18.0 Å². The molecule has 5 heterocycles. The van der Waals surface area contributed by atoms with Gasteiger partial charge in [0.05, 0.1) is 11.0 Å². The van der Waals surface area contributed by atoms with Gasteiger partial charge in [0, 0.05) is 61.0 Å². The molecule has 4 nitrogen and oxygen atoms in total. The van der Waals surface area contributed by atoms with Crippen molar-refractivity contribution in [3.63, 3.8) is 0 Å². The highest BCUT2D eigenvalue weighted by molar-refractivity contribution is 7.99. The normalized spacial score (nSPS) is 13.7. The Morgan fingerprint density at radius 2 is 1.17 bits per heavy atom. The second-order valence-electron chi connectivity index (χ2n) is 16.2. The molecule has 11 aromatic rings. The Labute approximate surface area is 347 Å². The summed E-state index contributed by atoms with van der Waals surface area (Å²) in [5.41, 5.74) is 7.84. The van der Waals surface area contributed by atoms with Crippen LogP contribution in [0.3, 0.4) is 0 Å². The number of pyridine rings is 2. The molecular formula is C53H38N4SSi. The summed E-state index contributed by atoms with van der Waals surface area (Å²) in [7, 11) is -2.99. The molecule has 0 aliphatic carbocycles. The third-order valence-electron chi connectivity index (χ3n) is 12.8. The van der Waals surface area contributed by atoms with Gasteiger partial charge in [-0.2, -0.15) is 0 Å². The zero-order chi connectivity index (χ0) is 39.3. The molecule has 0 saturated heterocycles. The molecule has 0 amide bonds. The van der Waals surface area contributed by atoms with Gasteiger partial charge >= 0.3 is 0 Å². The lowest BCUT2D eigenvalue weighted by atomic mass is 9.78. The van der Waals surface area contributed by atoms with Crippen LogP contribution in [0.25, 0.3) is 54.9 Å². The highest BCUT2D eigenvalue weighted by atomic mass is 32.2. The lowest BCUT2D eigenvalue weighted by Crippen LogP contribution is -2.74. The molecule has 1 aliphatic rings. The first-order chi connectivity index (χ1) is 29.0. The highest BCUT2D eigenvalue weighted by Crippen LogP contribution is 2.52. The van der Waals surface area contributed by atoms with Gasteiger partial charge < -0.3 is 0 Å². The van der Waals surface area contributed by atoms with Crippen molar-refractivity contribution in [2.24, 2.45) is 0 Å². The third-order valence-corrected chi connectivity index (χ3v) is 18.8. The van der Waals surface area contributed by atoms with Crippen LogP contribution in [0.15, 0.2) is 204 Å². The Morgan fingerprint density at radius 3 is 1.97 bits per heavy atom. The Hall–Kier alpha value is -6.73. The van der Waals surface area contributed by atoms with E-state index in [1.54, 1.807) is 0 Å². The van der Waals surface area contributed by atoms with Crippen molar-refractivity contribution in [3.8, 4) is 5.69 Å². The summed E-state index contributed by atoms with van der Waals surface area (Å²) in [6.07, 6.45) is 6.15. The minimum Gasteiger partial charge on any atom is -0.299 e. The summed E-state index contributed by atoms with van der Waals surface area (Å²) in [4.78, 5) is 13.0. The van der Waals surface area contributed by atoms with E-state index in [0.717, 1.165) is 33.4 Å². The smallest absolute Gasteiger partial charge is 0.179 e. The molecule has 0 N–H and O–H groups in total. The van der Waals surface area contributed by atoms with Crippen molar-refractivity contribution in [2.45, 2.75) is 29.1 Å². The molecule has 0 unspecified atom stereocenters. The van der Waals surface area contributed by atoms with Gasteiger partial charge in [-0.1, -0.05) is 171 Å². The quantitative estimate of drug-likeness (QED) is 0.0990. The van der Waals surface area contributed by atoms with Crippen molar-refractivity contribution in [2.75, 3.05) is 0 Å². The van der Waals surface area contributed by atoms with Crippen LogP contribution in [0.2, 0.25) is 0 Å². The van der Waals surface area contributed by atoms with Crippen LogP contribution in [0, 0.1) is 0 Å². The van der Waals surface area contributed by atoms with E-state index in [-0.39, 0.29) is 5.41 Å². The predicted octanol–water partition coefficient (Wildman–Crippen LogP) is 10.3. The summed E-state index contributed by atoms with van der Waals surface area (Å²) >= 11 is 1.89. The molecule has 0 saturated carbocycles. The van der Waals surface area contributed by atoms with Crippen LogP contribution in [-0.4, -0.2) is 27.0 Å². The third kappa shape index (κ3) is 4.84. The standard InChI is InChI=1S/C53H38N4SSi/c1-53(2)44-24-11-14-27-48(44)58-50-45(53)34-55-52-49(50)42-23-10-13-26-47(42)57(52)35-16-15-21-38(32-35)59(36-17-5-3-6-18-36,37-19-7-4-8-20-37)39-28-29-40-41-22-9-12-25-46(41)56-31-30-54-51(56)43(40)33-39/h3-34H,1-2H3. The number of rotatable bonds is 5. The molecule has 12 rings (SSSR count). The van der Waals surface area contributed by atoms with Gasteiger partial charge in [0.25, 0.3) is 0 Å². The van der Waals surface area contributed by atoms with Gasteiger partial charge in [0.2, 0.25) is 0 Å². The van der Waals surface area contributed by atoms with Crippen LogP contribution < -0.4 is 20.7 Å². The summed E-state index contributed by atoms with van der Waals surface area (Å²) in [5, 5.41) is 11.3. The molecule has 1 aliphatic heterocycles. The predicted molar refractivity (Wildman–Crippen MR) is 249 cm³/mol. The van der Waals surface area contributed by atoms with Crippen molar-refractivity contribution in [3.05, 3.63) is 206 Å². The van der Waals surface area contributed by atoms with E-state index >= 15 is 0 Å². The minimum atomic E-state index is -2.99. The Bertz CT molecular complexity index is 3420. The number of hydrogen-bond acceptors (Lipinski definition) is 3. The molecule has 0 atom stereocenters. The number of fused-ring (bicyclic) bond motifs is 12. The van der Waals surface area contributed by atoms with Gasteiger partial charge in [-0.15, -0.1) is 0 Å². The lowest BCUT2D eigenvalue weighted by molar-refractivity contribution is 0.606. The molecular weight excluding hydrogens is 753 g/mol. The summed E-state index contributed by atoms with van der Waals surface area (Å²) in [6, 6.07) is 65.3. The molecule has 0 radical (unpaired) electrons. The van der Waals surface area contributed by atoms with E-state index in [0.29, 0.717) is 0 Å². The Balaban J connectivity index is 1.15. The van der Waals surface area contributed by atoms with Gasteiger partial charge in [-0.3, -0.25) is 8.97 Å². The summed E-state index contributed by atoms with van der Waals surface area (Å²) < 4.78 is 4.64. The fourth-order valence-electron chi connectivity index (χ4n) is 10.1. The van der Waals surface area contributed by atoms with Crippen LogP contribution in [0.5, 0.6) is 0 Å². The van der Waals surface area contributed by atoms with E-state index in [1.165, 1.54) is 63.2 Å². The Morgan fingerprint density at radius 1 is 0.508 bits per heavy atom. The van der Waals surface area contributed by atoms with Crippen LogP contribution >= 0.6 is 11.8 Å². The molecule has 0 spiro atoms. The first-order valence-electron chi connectivity index (χ1n) is 20.2. The second-order valence-corrected chi connectivity index (χ2v) is 21.1. The van der Waals surface area contributed by atoms with E-state index in [4.69, 9.17) is 9.97 Å². The molecule has 6 heteroatoms. The zero-order valence-corrected chi connectivity index (χ0v) is 34.5. The number of imidazole rings is 1. The molecule has 4 aromatic heterocycles. The van der Waals surface area contributed by atoms with Crippen LogP contribution in [0.4, 0.5) is 0 Å². The maximum absolute atomic E-state index is 5.38. The topological polar surface area (TPSA) is 35.1 Å². The number of hydrogen-bond donors (Lipinski definition) is 0. The van der Waals surface area contributed by atoms with E-state index in [2.05, 4.69) is 211 Å². The van der Waals surface area contributed by atoms with E-state index in [9.17, 15) is 0 Å². The molecule has 280 valence electrons. The van der Waals surface area contributed by atoms with Crippen molar-refractivity contribution in [1.82, 2.24) is 18.9 Å². The zero-order valence-electron chi connectivity index (χ0n) is 32.7. The molecule has 59 heavy (non-hydrogen) atoms. The molecule has 7 aromatic carbocycles. The van der Waals surface area contributed by atoms with Crippen LogP contribution in [0.1, 0.15) is 25.0 Å². The van der Waals surface area contributed by atoms with Gasteiger partial charge in [-0.05, 0) is 67.6 Å². The first-order valence-corrected chi connectivity index (χ1v) is 23.0. The van der Waals surface area contributed by atoms with Crippen LogP contribution in [-0.2, 0) is 5.41 Å². The van der Waals surface area contributed by atoms with Crippen molar-refractivity contribution in [1.29, 1.82) is 0 Å². The Kier molecular flexibility index (Phi) is 7.50. The largest absolute Gasteiger partial charge is 0.299 e. The minimum absolute atomic E-state index is 0.174. The van der Waals surface area contributed by atoms with Crippen molar-refractivity contribution < 1.29 is 0 Å². The first kappa shape index (κ1) is 34.3. The summed E-state index contributed by atoms with van der Waals surface area (Å²) in [6.45, 7) is 4.68. The number of aromatic nitrogens is 4. The average Bonchev–Trinajstić information content (AvgIpc) is 3.92. The molecule has 0 bridgehead atoms. The monoisotopic (exact) mass is 790 g/mol. The maximum atomic E-state index is 5.38. The van der Waals surface area contributed by atoms with Crippen molar-refractivity contribution >= 4 is 89.8 Å². The van der Waals surface area contributed by atoms with Gasteiger partial charge in [-0.25, -0.2) is 9.97 Å². The average molecular weight is 791 g/mol. The number of benzene rings is 7. The van der Waals surface area contributed by atoms with E-state index < -0.39 is 8.07 Å². The maximum Gasteiger partial charge on any atom is 0.179 e. The summed E-state index contributed by atoms with van der Waals surface area (Å²) in [5.74, 6) is 0. The lowest BCUT2D eigenvalue weighted by Gasteiger charge is -2.35. The SMILES string of the molecule is CC1(C)c2ccccc2Sc2c1cnc1c2c2ccccc2n1-c1cccc([Si](c2ccccc2)(c2ccccc2)c2ccc3c4ccccc4n4ccnc4c3c2)c1. The molecule has 0 fully saturated rings. The highest BCUT2D eigenvalue weighted by Gasteiger charge is 2.42.